The van der Waals surface area contributed by atoms with E-state index in [2.05, 4.69) is 50.0 Å². The summed E-state index contributed by atoms with van der Waals surface area (Å²) in [5, 5.41) is 2.06. The van der Waals surface area contributed by atoms with Crippen LogP contribution >= 0.6 is 0 Å². The van der Waals surface area contributed by atoms with Crippen molar-refractivity contribution in [2.75, 3.05) is 18.9 Å². The third-order valence-electron chi connectivity index (χ3n) is 6.70. The highest BCUT2D eigenvalue weighted by Crippen LogP contribution is 2.38. The number of nitrogen functional groups attached to an aromatic ring is 1. The normalized spacial score (nSPS) is 17.8. The Morgan fingerprint density at radius 3 is 2.23 bits per heavy atom. The fraction of sp³-hybridized carbons (Fsp3) is 0.300. The minimum Gasteiger partial charge on any atom is -0.463 e. The number of rotatable bonds is 9. The van der Waals surface area contributed by atoms with Gasteiger partial charge in [0.25, 0.3) is 8.32 Å². The summed E-state index contributed by atoms with van der Waals surface area (Å²) in [4.78, 5) is 28.5. The smallest absolute Gasteiger partial charge is 0.351 e. The van der Waals surface area contributed by atoms with Crippen molar-refractivity contribution in [1.82, 2.24) is 9.55 Å². The zero-order valence-corrected chi connectivity index (χ0v) is 23.7. The van der Waals surface area contributed by atoms with Crippen LogP contribution in [0.2, 0.25) is 5.04 Å². The molecule has 0 spiro atoms. The number of carbonyl (C=O) groups excluding carboxylic acids is 1. The highest BCUT2D eigenvalue weighted by Gasteiger charge is 2.50. The van der Waals surface area contributed by atoms with Crippen LogP contribution in [-0.2, 0) is 18.7 Å². The van der Waals surface area contributed by atoms with Gasteiger partial charge in [-0.1, -0.05) is 81.4 Å². The summed E-state index contributed by atoms with van der Waals surface area (Å²) in [5.74, 6) is -0.327. The van der Waals surface area contributed by atoms with Crippen LogP contribution in [0.3, 0.4) is 0 Å². The zero-order valence-electron chi connectivity index (χ0n) is 22.7. The minimum atomic E-state index is -2.84. The summed E-state index contributed by atoms with van der Waals surface area (Å²) in [6.07, 6.45) is 5.07. The third kappa shape index (κ3) is 6.11. The van der Waals surface area contributed by atoms with Crippen molar-refractivity contribution in [2.45, 2.75) is 45.1 Å². The van der Waals surface area contributed by atoms with Crippen molar-refractivity contribution in [3.05, 3.63) is 107 Å². The number of esters is 1. The van der Waals surface area contributed by atoms with E-state index in [4.69, 9.17) is 19.6 Å². The summed E-state index contributed by atoms with van der Waals surface area (Å²) >= 11 is 0. The van der Waals surface area contributed by atoms with Crippen LogP contribution in [0, 0.1) is 0 Å². The Balaban J connectivity index is 1.72. The number of ether oxygens (including phenoxy) is 2. The van der Waals surface area contributed by atoms with E-state index in [0.29, 0.717) is 5.57 Å². The van der Waals surface area contributed by atoms with Gasteiger partial charge in [-0.25, -0.2) is 9.59 Å². The highest BCUT2D eigenvalue weighted by molar-refractivity contribution is 6.99. The van der Waals surface area contributed by atoms with E-state index in [1.54, 1.807) is 31.3 Å². The molecule has 1 aliphatic rings. The molecule has 4 rings (SSSR count). The van der Waals surface area contributed by atoms with E-state index in [9.17, 15) is 9.59 Å². The number of carbonyl (C=O) groups is 1. The Morgan fingerprint density at radius 1 is 1.08 bits per heavy atom. The van der Waals surface area contributed by atoms with Crippen molar-refractivity contribution < 1.29 is 18.7 Å². The first-order chi connectivity index (χ1) is 18.7. The van der Waals surface area contributed by atoms with Crippen LogP contribution in [0.25, 0.3) is 0 Å². The molecule has 0 amide bonds. The van der Waals surface area contributed by atoms with Crippen LogP contribution in [-0.4, -0.2) is 43.2 Å². The molecule has 0 aliphatic carbocycles. The molecule has 0 fully saturated rings. The van der Waals surface area contributed by atoms with Crippen LogP contribution in [0.15, 0.2) is 102 Å². The predicted octanol–water partition coefficient (Wildman–Crippen LogP) is 3.35. The first-order valence-corrected chi connectivity index (χ1v) is 14.9. The number of benzene rings is 2. The maximum atomic E-state index is 12.6. The highest BCUT2D eigenvalue weighted by atomic mass is 28.4. The molecule has 8 nitrogen and oxygen atoms in total. The molecule has 2 atom stereocenters. The predicted molar refractivity (Wildman–Crippen MR) is 154 cm³/mol. The molecule has 0 bridgehead atoms. The number of nitrogens with two attached hydrogens (primary N) is 1. The average Bonchev–Trinajstić information content (AvgIpc) is 3.31. The SMILES string of the molecule is CCOC(=O)/C=C/C1=C[C@H](n2ccc(N)nc2=O)O[C@@H]1CO[Si](c1ccccc1)(c1ccccc1)C(C)(C)C. The van der Waals surface area contributed by atoms with Gasteiger partial charge in [-0.3, -0.25) is 4.57 Å². The van der Waals surface area contributed by atoms with E-state index in [1.165, 1.54) is 10.6 Å². The number of hydrogen-bond donors (Lipinski definition) is 1. The van der Waals surface area contributed by atoms with Gasteiger partial charge in [0, 0.05) is 12.3 Å². The molecule has 9 heteroatoms. The Kier molecular flexibility index (Phi) is 8.64. The van der Waals surface area contributed by atoms with Gasteiger partial charge >= 0.3 is 11.7 Å². The van der Waals surface area contributed by atoms with Crippen molar-refractivity contribution in [2.24, 2.45) is 0 Å². The Bertz CT molecular complexity index is 1360. The molecule has 2 aromatic carbocycles. The summed E-state index contributed by atoms with van der Waals surface area (Å²) in [6, 6.07) is 22.2. The van der Waals surface area contributed by atoms with Crippen molar-refractivity contribution in [3.63, 3.8) is 0 Å². The van der Waals surface area contributed by atoms with E-state index < -0.39 is 32.3 Å². The lowest BCUT2D eigenvalue weighted by Gasteiger charge is -2.43. The lowest BCUT2D eigenvalue weighted by atomic mass is 10.1. The topological polar surface area (TPSA) is 106 Å². The second-order valence-electron chi connectivity index (χ2n) is 10.3. The number of anilines is 1. The van der Waals surface area contributed by atoms with Gasteiger partial charge in [-0.15, -0.1) is 0 Å². The fourth-order valence-corrected chi connectivity index (χ4v) is 9.50. The number of nitrogens with zero attached hydrogens (tertiary/aromatic N) is 2. The standard InChI is InChI=1S/C30H35N3O5Si/c1-5-36-28(34)17-16-22-20-27(33-19-18-26(31)32-29(33)35)38-25(22)21-37-39(30(2,3)4,23-12-8-6-9-13-23)24-14-10-7-11-15-24/h6-20,25,27H,5,21H2,1-4H3,(H2,31,32,35)/b17-16+/t25-,27-/m1/s1. The number of hydrogen-bond acceptors (Lipinski definition) is 7. The Hall–Kier alpha value is -3.79. The average molecular weight is 546 g/mol. The molecule has 0 unspecified atom stereocenters. The molecule has 0 saturated heterocycles. The quantitative estimate of drug-likeness (QED) is 0.250. The lowest BCUT2D eigenvalue weighted by Crippen LogP contribution is -2.67. The second kappa shape index (κ2) is 11.9. The maximum Gasteiger partial charge on any atom is 0.351 e. The van der Waals surface area contributed by atoms with E-state index >= 15 is 0 Å². The molecular formula is C30H35N3O5Si. The monoisotopic (exact) mass is 545 g/mol. The van der Waals surface area contributed by atoms with Crippen LogP contribution in [0.5, 0.6) is 0 Å². The molecule has 1 aromatic heterocycles. The van der Waals surface area contributed by atoms with Gasteiger partial charge in [0.15, 0.2) is 6.23 Å². The van der Waals surface area contributed by atoms with Gasteiger partial charge in [0.2, 0.25) is 0 Å². The summed E-state index contributed by atoms with van der Waals surface area (Å²) < 4.78 is 19.8. The lowest BCUT2D eigenvalue weighted by molar-refractivity contribution is -0.137. The van der Waals surface area contributed by atoms with Gasteiger partial charge < -0.3 is 19.6 Å². The molecule has 204 valence electrons. The second-order valence-corrected chi connectivity index (χ2v) is 14.6. The molecule has 1 aliphatic heterocycles. The molecule has 0 radical (unpaired) electrons. The number of aromatic nitrogens is 2. The summed E-state index contributed by atoms with van der Waals surface area (Å²) in [7, 11) is -2.84. The summed E-state index contributed by atoms with van der Waals surface area (Å²) in [6.45, 7) is 8.84. The van der Waals surface area contributed by atoms with Crippen molar-refractivity contribution in [1.29, 1.82) is 0 Å². The largest absolute Gasteiger partial charge is 0.463 e. The van der Waals surface area contributed by atoms with Crippen molar-refractivity contribution >= 4 is 30.5 Å². The first kappa shape index (κ1) is 28.2. The molecular weight excluding hydrogens is 510 g/mol. The van der Waals surface area contributed by atoms with Crippen LogP contribution in [0.4, 0.5) is 5.82 Å². The Morgan fingerprint density at radius 2 is 1.69 bits per heavy atom. The van der Waals surface area contributed by atoms with Crippen LogP contribution < -0.4 is 21.8 Å². The first-order valence-electron chi connectivity index (χ1n) is 13.0. The van der Waals surface area contributed by atoms with Crippen molar-refractivity contribution in [3.8, 4) is 0 Å². The van der Waals surface area contributed by atoms with Crippen LogP contribution in [0.1, 0.15) is 33.9 Å². The van der Waals surface area contributed by atoms with Gasteiger partial charge in [0.05, 0.1) is 13.2 Å². The minimum absolute atomic E-state index is 0.132. The molecule has 2 heterocycles. The molecule has 3 aromatic rings. The fourth-order valence-electron chi connectivity index (χ4n) is 4.94. The van der Waals surface area contributed by atoms with E-state index in [0.717, 1.165) is 10.4 Å². The zero-order chi connectivity index (χ0) is 28.0. The van der Waals surface area contributed by atoms with Gasteiger partial charge in [-0.2, -0.15) is 4.98 Å². The third-order valence-corrected chi connectivity index (χ3v) is 11.7. The Labute approximate surface area is 229 Å². The maximum absolute atomic E-state index is 12.6. The van der Waals surface area contributed by atoms with E-state index in [-0.39, 0.29) is 24.1 Å². The van der Waals surface area contributed by atoms with Gasteiger partial charge in [-0.05, 0) is 46.1 Å². The molecule has 0 saturated carbocycles. The van der Waals surface area contributed by atoms with Gasteiger partial charge in [0.1, 0.15) is 11.9 Å². The summed E-state index contributed by atoms with van der Waals surface area (Å²) in [5.41, 5.74) is 5.85. The van der Waals surface area contributed by atoms with E-state index in [1.807, 2.05) is 36.4 Å². The molecule has 39 heavy (non-hydrogen) atoms. The molecule has 2 N–H and O–H groups in total.